The van der Waals surface area contributed by atoms with E-state index in [-0.39, 0.29) is 29.6 Å². The number of fused-ring (bicyclic) bond motifs is 1. The Kier molecular flexibility index (Phi) is 7.24. The smallest absolute Gasteiger partial charge is 0.408 e. The zero-order valence-electron chi connectivity index (χ0n) is 22.6. The number of nitrogens with zero attached hydrogens (tertiary/aromatic N) is 1. The van der Waals surface area contributed by atoms with Crippen molar-refractivity contribution in [1.29, 1.82) is 0 Å². The minimum absolute atomic E-state index is 0.0939. The van der Waals surface area contributed by atoms with Crippen LogP contribution in [0.1, 0.15) is 74.7 Å². The molecule has 10 nitrogen and oxygen atoms in total. The van der Waals surface area contributed by atoms with E-state index in [1.54, 1.807) is 20.8 Å². The van der Waals surface area contributed by atoms with Gasteiger partial charge in [0, 0.05) is 6.54 Å². The SMILES string of the molecule is CC(C)(C)OC(=O)N[C@H](C(=O)N1C[C@H]2[C@@H]([C@H]1C(=O)NC(CC1CC1)C(=O)C(=O)O)C2(C)C)C(C)(C)C. The number of ether oxygens (including phenoxy) is 1. The lowest BCUT2D eigenvalue weighted by Gasteiger charge is -2.38. The first-order valence-electron chi connectivity index (χ1n) is 12.7. The highest BCUT2D eigenvalue weighted by Gasteiger charge is 2.70. The summed E-state index contributed by atoms with van der Waals surface area (Å²) in [5, 5.41) is 14.6. The first-order chi connectivity index (χ1) is 16.3. The third-order valence-corrected chi connectivity index (χ3v) is 7.64. The number of carboxylic acid groups (broad SMARTS) is 1. The summed E-state index contributed by atoms with van der Waals surface area (Å²) in [4.78, 5) is 65.1. The van der Waals surface area contributed by atoms with Gasteiger partial charge in [0.1, 0.15) is 17.7 Å². The van der Waals surface area contributed by atoms with E-state index in [0.29, 0.717) is 6.54 Å². The summed E-state index contributed by atoms with van der Waals surface area (Å²) in [5.74, 6) is -3.36. The molecule has 1 unspecified atom stereocenters. The summed E-state index contributed by atoms with van der Waals surface area (Å²) >= 11 is 0. The Morgan fingerprint density at radius 2 is 1.61 bits per heavy atom. The summed E-state index contributed by atoms with van der Waals surface area (Å²) in [6.45, 7) is 15.1. The Hall–Kier alpha value is -2.65. The summed E-state index contributed by atoms with van der Waals surface area (Å²) in [5.41, 5.74) is -1.59. The molecule has 2 saturated carbocycles. The van der Waals surface area contributed by atoms with Crippen LogP contribution in [0.4, 0.5) is 4.79 Å². The molecule has 1 saturated heterocycles. The first-order valence-corrected chi connectivity index (χ1v) is 12.7. The van der Waals surface area contributed by atoms with Gasteiger partial charge in [-0.2, -0.15) is 0 Å². The Balaban J connectivity index is 1.83. The number of likely N-dealkylation sites (tertiary alicyclic amines) is 1. The fourth-order valence-corrected chi connectivity index (χ4v) is 5.38. The highest BCUT2D eigenvalue weighted by atomic mass is 16.6. The fraction of sp³-hybridized carbons (Fsp3) is 0.808. The number of aliphatic carboxylic acids is 1. The Bertz CT molecular complexity index is 942. The zero-order valence-corrected chi connectivity index (χ0v) is 22.6. The number of ketones is 1. The lowest BCUT2D eigenvalue weighted by molar-refractivity contribution is -0.151. The number of alkyl carbamates (subject to hydrolysis) is 1. The molecule has 0 aromatic heterocycles. The maximum Gasteiger partial charge on any atom is 0.408 e. The van der Waals surface area contributed by atoms with Crippen molar-refractivity contribution in [3.63, 3.8) is 0 Å². The number of rotatable bonds is 8. The first kappa shape index (κ1) is 27.9. The molecule has 1 aliphatic heterocycles. The topological polar surface area (TPSA) is 142 Å². The average molecular weight is 508 g/mol. The molecule has 3 rings (SSSR count). The van der Waals surface area contributed by atoms with Gasteiger partial charge in [-0.1, -0.05) is 47.5 Å². The number of piperidine rings is 1. The van der Waals surface area contributed by atoms with Gasteiger partial charge in [0.2, 0.25) is 11.8 Å². The lowest BCUT2D eigenvalue weighted by atomic mass is 9.85. The second-order valence-corrected chi connectivity index (χ2v) is 13.2. The molecular weight excluding hydrogens is 466 g/mol. The molecule has 36 heavy (non-hydrogen) atoms. The fourth-order valence-electron chi connectivity index (χ4n) is 5.38. The van der Waals surface area contributed by atoms with Crippen molar-refractivity contribution in [2.45, 2.75) is 98.4 Å². The van der Waals surface area contributed by atoms with Crippen LogP contribution in [0.15, 0.2) is 0 Å². The van der Waals surface area contributed by atoms with Crippen LogP contribution < -0.4 is 10.6 Å². The molecule has 3 fully saturated rings. The van der Waals surface area contributed by atoms with Crippen molar-refractivity contribution >= 4 is 29.7 Å². The van der Waals surface area contributed by atoms with E-state index in [1.807, 2.05) is 34.6 Å². The van der Waals surface area contributed by atoms with Crippen LogP contribution >= 0.6 is 0 Å². The van der Waals surface area contributed by atoms with Crippen molar-refractivity contribution < 1.29 is 33.8 Å². The van der Waals surface area contributed by atoms with E-state index >= 15 is 0 Å². The molecule has 2 aliphatic carbocycles. The number of Topliss-reactive ketones (excluding diaryl/α,β-unsaturated/α-hetero) is 1. The molecule has 0 spiro atoms. The molecule has 202 valence electrons. The van der Waals surface area contributed by atoms with Gasteiger partial charge in [-0.15, -0.1) is 0 Å². The maximum absolute atomic E-state index is 13.8. The summed E-state index contributed by atoms with van der Waals surface area (Å²) in [7, 11) is 0. The Labute approximate surface area is 212 Å². The number of hydrogen-bond donors (Lipinski definition) is 3. The largest absolute Gasteiger partial charge is 0.475 e. The molecule has 0 aromatic rings. The van der Waals surface area contributed by atoms with E-state index in [2.05, 4.69) is 10.6 Å². The van der Waals surface area contributed by atoms with Gasteiger partial charge >= 0.3 is 12.1 Å². The monoisotopic (exact) mass is 507 g/mol. The Morgan fingerprint density at radius 1 is 1.03 bits per heavy atom. The van der Waals surface area contributed by atoms with Gasteiger partial charge in [-0.3, -0.25) is 14.4 Å². The molecular formula is C26H41N3O7. The highest BCUT2D eigenvalue weighted by molar-refractivity contribution is 6.35. The van der Waals surface area contributed by atoms with Gasteiger partial charge in [-0.25, -0.2) is 9.59 Å². The highest BCUT2D eigenvalue weighted by Crippen LogP contribution is 2.65. The summed E-state index contributed by atoms with van der Waals surface area (Å²) < 4.78 is 5.36. The van der Waals surface area contributed by atoms with Crippen LogP contribution in [-0.4, -0.2) is 69.9 Å². The van der Waals surface area contributed by atoms with Crippen LogP contribution in [0.25, 0.3) is 0 Å². The van der Waals surface area contributed by atoms with Gasteiger partial charge in [-0.05, 0) is 55.8 Å². The molecule has 5 atom stereocenters. The van der Waals surface area contributed by atoms with Crippen molar-refractivity contribution in [2.24, 2.45) is 28.6 Å². The van der Waals surface area contributed by atoms with E-state index < -0.39 is 58.8 Å². The standard InChI is InChI=1S/C26H41N3O7/c1-24(2,3)19(28-23(35)36-25(4,5)6)21(32)29-12-14-16(26(14,7)8)17(29)20(31)27-15(11-13-9-10-13)18(30)22(33)34/h13-17,19H,9-12H2,1-8H3,(H,27,31)(H,28,35)(H,33,34)/t14-,15?,16-,17-,19+/m0/s1. The molecule has 1 heterocycles. The second-order valence-electron chi connectivity index (χ2n) is 13.2. The molecule has 0 radical (unpaired) electrons. The molecule has 3 N–H and O–H groups in total. The molecule has 0 bridgehead atoms. The van der Waals surface area contributed by atoms with Crippen LogP contribution in [0, 0.1) is 28.6 Å². The van der Waals surface area contributed by atoms with Crippen LogP contribution in [-0.2, 0) is 23.9 Å². The van der Waals surface area contributed by atoms with E-state index in [4.69, 9.17) is 4.74 Å². The second kappa shape index (κ2) is 9.34. The number of carboxylic acids is 1. The normalized spacial score (nSPS) is 26.3. The van der Waals surface area contributed by atoms with Gasteiger partial charge < -0.3 is 25.4 Å². The third kappa shape index (κ3) is 6.00. The number of amides is 3. The van der Waals surface area contributed by atoms with Gasteiger partial charge in [0.25, 0.3) is 5.78 Å². The number of nitrogens with one attached hydrogen (secondary N) is 2. The number of carbonyl (C=O) groups excluding carboxylic acids is 4. The molecule has 3 amide bonds. The van der Waals surface area contributed by atoms with E-state index in [0.717, 1.165) is 12.8 Å². The van der Waals surface area contributed by atoms with Gasteiger partial charge in [0.15, 0.2) is 0 Å². The number of carbonyl (C=O) groups is 5. The maximum atomic E-state index is 13.8. The summed E-state index contributed by atoms with van der Waals surface area (Å²) in [6.07, 6.45) is 1.35. The van der Waals surface area contributed by atoms with Crippen LogP contribution in [0.2, 0.25) is 0 Å². The minimum Gasteiger partial charge on any atom is -0.475 e. The van der Waals surface area contributed by atoms with Crippen molar-refractivity contribution in [3.8, 4) is 0 Å². The molecule has 10 heteroatoms. The Morgan fingerprint density at radius 3 is 2.08 bits per heavy atom. The van der Waals surface area contributed by atoms with Crippen molar-refractivity contribution in [1.82, 2.24) is 15.5 Å². The predicted octanol–water partition coefficient (Wildman–Crippen LogP) is 2.35. The lowest BCUT2D eigenvalue weighted by Crippen LogP contribution is -2.60. The zero-order chi connectivity index (χ0) is 27.4. The van der Waals surface area contributed by atoms with E-state index in [9.17, 15) is 29.1 Å². The van der Waals surface area contributed by atoms with E-state index in [1.165, 1.54) is 4.90 Å². The van der Waals surface area contributed by atoms with Gasteiger partial charge in [0.05, 0.1) is 6.04 Å². The predicted molar refractivity (Wildman–Crippen MR) is 131 cm³/mol. The third-order valence-electron chi connectivity index (χ3n) is 7.64. The minimum atomic E-state index is -1.58. The van der Waals surface area contributed by atoms with Crippen molar-refractivity contribution in [2.75, 3.05) is 6.54 Å². The average Bonchev–Trinajstić information content (AvgIpc) is 3.55. The van der Waals surface area contributed by atoms with Crippen molar-refractivity contribution in [3.05, 3.63) is 0 Å². The molecule has 0 aromatic carbocycles. The quantitative estimate of drug-likeness (QED) is 0.428. The molecule has 3 aliphatic rings. The summed E-state index contributed by atoms with van der Waals surface area (Å²) in [6, 6.07) is -2.93. The van der Waals surface area contributed by atoms with Crippen LogP contribution in [0.5, 0.6) is 0 Å². The van der Waals surface area contributed by atoms with Crippen LogP contribution in [0.3, 0.4) is 0 Å². The number of hydrogen-bond acceptors (Lipinski definition) is 6.